The fourth-order valence-corrected chi connectivity index (χ4v) is 5.75. The van der Waals surface area contributed by atoms with Crippen LogP contribution in [0.1, 0.15) is 77.1 Å². The number of aryl methyl sites for hydroxylation is 1. The molecule has 5 aliphatic rings. The molecule has 4 aromatic rings. The van der Waals surface area contributed by atoms with Crippen LogP contribution in [-0.4, -0.2) is 46.4 Å². The highest BCUT2D eigenvalue weighted by Gasteiger charge is 2.34. The maximum absolute atomic E-state index is 14.1. The first-order valence-corrected chi connectivity index (χ1v) is 15.2. The van der Waals surface area contributed by atoms with Gasteiger partial charge in [-0.15, -0.1) is 0 Å². The summed E-state index contributed by atoms with van der Waals surface area (Å²) in [6.07, 6.45) is 2.41. The number of amides is 2. The lowest BCUT2D eigenvalue weighted by molar-refractivity contribution is -0.121. The van der Waals surface area contributed by atoms with Gasteiger partial charge in [-0.1, -0.05) is 44.2 Å². The first kappa shape index (κ1) is 29.2. The van der Waals surface area contributed by atoms with Crippen LogP contribution in [0.2, 0.25) is 0 Å². The monoisotopic (exact) mass is 591 g/mol. The second-order valence-corrected chi connectivity index (χ2v) is 11.6. The van der Waals surface area contributed by atoms with Crippen LogP contribution in [0.4, 0.5) is 5.95 Å². The van der Waals surface area contributed by atoms with Crippen LogP contribution >= 0.6 is 0 Å². The molecular weight excluding hydrogens is 554 g/mol. The van der Waals surface area contributed by atoms with Crippen molar-refractivity contribution >= 4 is 17.8 Å². The number of benzene rings is 3. The zero-order chi connectivity index (χ0) is 30.6. The van der Waals surface area contributed by atoms with Crippen LogP contribution in [0.15, 0.2) is 72.8 Å². The first-order chi connectivity index (χ1) is 21.3. The average Bonchev–Trinajstić information content (AvgIpc) is 3.02. The van der Waals surface area contributed by atoms with Gasteiger partial charge < -0.3 is 25.4 Å². The van der Waals surface area contributed by atoms with E-state index in [1.807, 2.05) is 79.4 Å². The van der Waals surface area contributed by atoms with E-state index >= 15 is 0 Å². The number of carbonyl (C=O) groups is 2. The molecule has 1 atom stereocenters. The van der Waals surface area contributed by atoms with Crippen LogP contribution in [-0.2, 0) is 17.6 Å². The third-order valence-corrected chi connectivity index (χ3v) is 8.06. The van der Waals surface area contributed by atoms with Crippen molar-refractivity contribution in [3.05, 3.63) is 106 Å². The Morgan fingerprint density at radius 1 is 0.955 bits per heavy atom. The summed E-state index contributed by atoms with van der Waals surface area (Å²) in [6, 6.07) is 23.1. The summed E-state index contributed by atoms with van der Waals surface area (Å²) < 4.78 is 12.3. The number of anilines is 1. The van der Waals surface area contributed by atoms with Crippen molar-refractivity contribution < 1.29 is 19.1 Å². The molecule has 0 saturated carbocycles. The van der Waals surface area contributed by atoms with Gasteiger partial charge in [0.05, 0.1) is 12.6 Å². The fraction of sp³-hybridized carbons (Fsp3) is 0.314. The number of ether oxygens (including phenoxy) is 2. The highest BCUT2D eigenvalue weighted by atomic mass is 16.5. The Kier molecular flexibility index (Phi) is 8.45. The molecule has 2 amide bonds. The van der Waals surface area contributed by atoms with Gasteiger partial charge in [0, 0.05) is 25.2 Å². The molecular formula is C35H37N5O4. The summed E-state index contributed by atoms with van der Waals surface area (Å²) in [7, 11) is 0. The van der Waals surface area contributed by atoms with Gasteiger partial charge in [-0.2, -0.15) is 0 Å². The predicted octanol–water partition coefficient (Wildman–Crippen LogP) is 5.59. The zero-order valence-corrected chi connectivity index (χ0v) is 25.1. The van der Waals surface area contributed by atoms with Gasteiger partial charge in [-0.25, -0.2) is 9.97 Å². The summed E-state index contributed by atoms with van der Waals surface area (Å²) in [5.41, 5.74) is 11.2. The van der Waals surface area contributed by atoms with Gasteiger partial charge in [0.15, 0.2) is 0 Å². The summed E-state index contributed by atoms with van der Waals surface area (Å²) in [5, 5.41) is 2.98. The van der Waals surface area contributed by atoms with Crippen LogP contribution < -0.4 is 20.5 Å². The van der Waals surface area contributed by atoms with E-state index in [1.54, 1.807) is 6.07 Å². The first-order valence-electron chi connectivity index (χ1n) is 15.2. The number of nitrogen functional groups attached to an aromatic ring is 1. The molecule has 9 rings (SSSR count). The van der Waals surface area contributed by atoms with Crippen molar-refractivity contribution in [1.29, 1.82) is 0 Å². The molecule has 1 aromatic heterocycles. The summed E-state index contributed by atoms with van der Waals surface area (Å²) in [4.78, 5) is 37.0. The Morgan fingerprint density at radius 2 is 1.77 bits per heavy atom. The number of aromatic nitrogens is 2. The second-order valence-electron chi connectivity index (χ2n) is 11.6. The van der Waals surface area contributed by atoms with E-state index in [-0.39, 0.29) is 35.4 Å². The summed E-state index contributed by atoms with van der Waals surface area (Å²) in [5.74, 6) is 2.15. The van der Waals surface area contributed by atoms with Gasteiger partial charge in [0.1, 0.15) is 22.9 Å². The zero-order valence-electron chi connectivity index (χ0n) is 25.1. The lowest BCUT2D eigenvalue weighted by atomic mass is 9.87. The van der Waals surface area contributed by atoms with E-state index in [0.29, 0.717) is 51.1 Å². The minimum atomic E-state index is -0.379. The standard InChI is InChI=1S/C35H37N5O4/c1-22(2)30-21-31(39-35(36)38-30)34(42)40-17-15-24-19-28-12-13-29(24)33(40)25-5-3-6-27(20-25)43-18-4-16-37-32(41)14-9-23-7-10-26(44-28)11-8-23/h3,5-8,10-13,19-22,33H,4,9,14-18H2,1-2H3,(H,37,41)(H2,36,38,39). The molecule has 0 spiro atoms. The summed E-state index contributed by atoms with van der Waals surface area (Å²) in [6.45, 7) is 5.49. The largest absolute Gasteiger partial charge is 0.494 e. The molecule has 3 N–H and O–H groups in total. The maximum Gasteiger partial charge on any atom is 0.273 e. The normalized spacial score (nSPS) is 16.9. The fourth-order valence-electron chi connectivity index (χ4n) is 5.75. The summed E-state index contributed by atoms with van der Waals surface area (Å²) >= 11 is 0. The number of hydrogen-bond acceptors (Lipinski definition) is 7. The van der Waals surface area contributed by atoms with Gasteiger partial charge in [-0.05, 0) is 89.9 Å². The quantitative estimate of drug-likeness (QED) is 0.312. The van der Waals surface area contributed by atoms with E-state index in [1.165, 1.54) is 0 Å². The Morgan fingerprint density at radius 3 is 2.59 bits per heavy atom. The van der Waals surface area contributed by atoms with Crippen molar-refractivity contribution in [1.82, 2.24) is 20.2 Å². The highest BCUT2D eigenvalue weighted by Crippen LogP contribution is 2.39. The molecule has 0 saturated heterocycles. The van der Waals surface area contributed by atoms with Crippen molar-refractivity contribution in [2.45, 2.75) is 51.5 Å². The van der Waals surface area contributed by atoms with Crippen molar-refractivity contribution in [3.8, 4) is 17.2 Å². The topological polar surface area (TPSA) is 120 Å². The Labute approximate surface area is 257 Å². The SMILES string of the molecule is CC(C)c1cc(C(=O)N2CCc3cc4ccc3C2c2cccc(c2)OCCCNC(=O)CCc2ccc(cc2)O4)nc(N)n1. The Bertz CT molecular complexity index is 1670. The number of nitrogens with zero attached hydrogens (tertiary/aromatic N) is 3. The minimum Gasteiger partial charge on any atom is -0.494 e. The molecule has 8 bridgehead atoms. The lowest BCUT2D eigenvalue weighted by Crippen LogP contribution is -2.41. The van der Waals surface area contributed by atoms with Gasteiger partial charge in [-0.3, -0.25) is 9.59 Å². The Balaban J connectivity index is 1.39. The van der Waals surface area contributed by atoms with Crippen LogP contribution in [0, 0.1) is 0 Å². The number of nitrogens with one attached hydrogen (secondary N) is 1. The van der Waals surface area contributed by atoms with E-state index < -0.39 is 0 Å². The van der Waals surface area contributed by atoms with E-state index in [4.69, 9.17) is 15.2 Å². The molecule has 1 unspecified atom stereocenters. The number of nitrogens with two attached hydrogens (primary N) is 1. The van der Waals surface area contributed by atoms with E-state index in [2.05, 4.69) is 21.4 Å². The van der Waals surface area contributed by atoms with Crippen LogP contribution in [0.25, 0.3) is 0 Å². The number of hydrogen-bond donors (Lipinski definition) is 2. The van der Waals surface area contributed by atoms with Crippen LogP contribution in [0.3, 0.4) is 0 Å². The van der Waals surface area contributed by atoms with Crippen molar-refractivity contribution in [2.75, 3.05) is 25.4 Å². The third-order valence-electron chi connectivity index (χ3n) is 8.06. The molecule has 0 aliphatic carbocycles. The molecule has 0 fully saturated rings. The number of rotatable bonds is 2. The van der Waals surface area contributed by atoms with E-state index in [9.17, 15) is 9.59 Å². The highest BCUT2D eigenvalue weighted by molar-refractivity contribution is 5.93. The smallest absolute Gasteiger partial charge is 0.273 e. The molecule has 6 heterocycles. The lowest BCUT2D eigenvalue weighted by Gasteiger charge is -2.38. The van der Waals surface area contributed by atoms with Gasteiger partial charge in [0.25, 0.3) is 5.91 Å². The molecule has 9 heteroatoms. The minimum absolute atomic E-state index is 0.0162. The molecule has 3 aromatic carbocycles. The second kappa shape index (κ2) is 12.8. The van der Waals surface area contributed by atoms with Gasteiger partial charge in [0.2, 0.25) is 11.9 Å². The molecule has 9 nitrogen and oxygen atoms in total. The maximum atomic E-state index is 14.1. The number of carbonyl (C=O) groups excluding carboxylic acids is 2. The van der Waals surface area contributed by atoms with Crippen LogP contribution in [0.5, 0.6) is 17.2 Å². The van der Waals surface area contributed by atoms with Gasteiger partial charge >= 0.3 is 0 Å². The molecule has 44 heavy (non-hydrogen) atoms. The van der Waals surface area contributed by atoms with Crippen molar-refractivity contribution in [2.24, 2.45) is 0 Å². The predicted molar refractivity (Wildman–Crippen MR) is 168 cm³/mol. The Hall–Kier alpha value is -4.92. The van der Waals surface area contributed by atoms with Crippen molar-refractivity contribution in [3.63, 3.8) is 0 Å². The average molecular weight is 592 g/mol. The third kappa shape index (κ3) is 6.51. The molecule has 0 radical (unpaired) electrons. The molecule has 226 valence electrons. The molecule has 5 aliphatic heterocycles. The van der Waals surface area contributed by atoms with E-state index in [0.717, 1.165) is 39.4 Å².